The van der Waals surface area contributed by atoms with Crippen LogP contribution in [0.1, 0.15) is 19.4 Å². The van der Waals surface area contributed by atoms with Gasteiger partial charge in [-0.1, -0.05) is 36.4 Å². The molecule has 0 unspecified atom stereocenters. The Morgan fingerprint density at radius 2 is 1.88 bits per heavy atom. The fraction of sp³-hybridized carbons (Fsp3) is 0.250. The predicted molar refractivity (Wildman–Crippen MR) is 97.7 cm³/mol. The van der Waals surface area contributed by atoms with Gasteiger partial charge in [0.2, 0.25) is 0 Å². The van der Waals surface area contributed by atoms with Crippen LogP contribution in [0.15, 0.2) is 54.6 Å². The summed E-state index contributed by atoms with van der Waals surface area (Å²) in [6.45, 7) is 4.45. The maximum absolute atomic E-state index is 12.5. The van der Waals surface area contributed by atoms with Crippen LogP contribution >= 0.6 is 0 Å². The lowest BCUT2D eigenvalue weighted by Crippen LogP contribution is -2.34. The molecule has 0 heterocycles. The topological polar surface area (TPSA) is 38.8 Å². The molecule has 0 aliphatic heterocycles. The highest BCUT2D eigenvalue weighted by Gasteiger charge is 2.15. The van der Waals surface area contributed by atoms with Gasteiger partial charge in [0.25, 0.3) is 5.91 Å². The van der Waals surface area contributed by atoms with Crippen LogP contribution in [0, 0.1) is 0 Å². The average molecular weight is 325 g/mol. The van der Waals surface area contributed by atoms with Crippen molar-refractivity contribution in [3.63, 3.8) is 0 Å². The molecule has 0 N–H and O–H groups in total. The Balaban J connectivity index is 2.08. The molecule has 0 atom stereocenters. The number of ether oxygens (including phenoxy) is 2. The third-order valence-electron chi connectivity index (χ3n) is 3.58. The number of hydrogen-bond donors (Lipinski definition) is 0. The summed E-state index contributed by atoms with van der Waals surface area (Å²) < 4.78 is 11.0. The second-order valence-corrected chi connectivity index (χ2v) is 5.17. The molecule has 4 heteroatoms. The molecule has 0 saturated carbocycles. The van der Waals surface area contributed by atoms with Crippen LogP contribution in [0.3, 0.4) is 0 Å². The van der Waals surface area contributed by atoms with Crippen LogP contribution in [-0.4, -0.2) is 26.2 Å². The molecule has 0 saturated heterocycles. The highest BCUT2D eigenvalue weighted by molar-refractivity contribution is 5.94. The van der Waals surface area contributed by atoms with Gasteiger partial charge in [0, 0.05) is 12.2 Å². The molecule has 2 rings (SSSR count). The van der Waals surface area contributed by atoms with E-state index in [0.717, 1.165) is 11.3 Å². The lowest BCUT2D eigenvalue weighted by atomic mass is 10.2. The van der Waals surface area contributed by atoms with Gasteiger partial charge in [0.15, 0.2) is 18.1 Å². The highest BCUT2D eigenvalue weighted by Crippen LogP contribution is 2.28. The largest absolute Gasteiger partial charge is 0.493 e. The molecule has 126 valence electrons. The summed E-state index contributed by atoms with van der Waals surface area (Å²) in [7, 11) is 1.59. The fourth-order valence-corrected chi connectivity index (χ4v) is 2.43. The van der Waals surface area contributed by atoms with Crippen LogP contribution in [0.25, 0.3) is 6.08 Å². The Bertz CT molecular complexity index is 695. The lowest BCUT2D eigenvalue weighted by Gasteiger charge is -2.21. The second-order valence-electron chi connectivity index (χ2n) is 5.17. The summed E-state index contributed by atoms with van der Waals surface area (Å²) in [5.74, 6) is 1.08. The van der Waals surface area contributed by atoms with E-state index in [1.807, 2.05) is 74.5 Å². The van der Waals surface area contributed by atoms with Crippen LogP contribution < -0.4 is 14.4 Å². The van der Waals surface area contributed by atoms with E-state index in [2.05, 4.69) is 0 Å². The van der Waals surface area contributed by atoms with Crippen molar-refractivity contribution in [3.8, 4) is 11.5 Å². The molecule has 0 radical (unpaired) electrons. The summed E-state index contributed by atoms with van der Waals surface area (Å²) in [6.07, 6.45) is 3.93. The number of carbonyl (C=O) groups is 1. The molecular formula is C20H23NO3. The van der Waals surface area contributed by atoms with Gasteiger partial charge in [-0.3, -0.25) is 4.79 Å². The number of hydrogen-bond acceptors (Lipinski definition) is 3. The molecule has 0 fully saturated rings. The summed E-state index contributed by atoms with van der Waals surface area (Å²) in [5, 5.41) is 0. The van der Waals surface area contributed by atoms with Gasteiger partial charge in [-0.05, 0) is 43.7 Å². The smallest absolute Gasteiger partial charge is 0.264 e. The minimum atomic E-state index is -0.0942. The summed E-state index contributed by atoms with van der Waals surface area (Å²) in [4.78, 5) is 14.2. The fourth-order valence-electron chi connectivity index (χ4n) is 2.43. The molecule has 0 bridgehead atoms. The van der Waals surface area contributed by atoms with E-state index in [1.165, 1.54) is 0 Å². The normalized spacial score (nSPS) is 10.6. The summed E-state index contributed by atoms with van der Waals surface area (Å²) in [6, 6.07) is 15.2. The Morgan fingerprint density at radius 1 is 1.12 bits per heavy atom. The van der Waals surface area contributed by atoms with Crippen molar-refractivity contribution in [3.05, 3.63) is 60.2 Å². The second kappa shape index (κ2) is 8.77. The first-order valence-corrected chi connectivity index (χ1v) is 7.98. The van der Waals surface area contributed by atoms with Crippen molar-refractivity contribution < 1.29 is 14.3 Å². The van der Waals surface area contributed by atoms with Crippen molar-refractivity contribution in [2.45, 2.75) is 13.8 Å². The van der Waals surface area contributed by atoms with Crippen LogP contribution in [-0.2, 0) is 4.79 Å². The maximum atomic E-state index is 12.5. The SMILES string of the molecule is CC=Cc1ccc(OCC(=O)N(CC)c2ccccc2)c(OC)c1. The van der Waals surface area contributed by atoms with Crippen molar-refractivity contribution in [2.24, 2.45) is 0 Å². The number of nitrogens with zero attached hydrogens (tertiary/aromatic N) is 1. The minimum absolute atomic E-state index is 0.0396. The Kier molecular flexibility index (Phi) is 6.43. The first-order chi connectivity index (χ1) is 11.7. The van der Waals surface area contributed by atoms with Gasteiger partial charge in [0.1, 0.15) is 0 Å². The van der Waals surface area contributed by atoms with Crippen molar-refractivity contribution in [1.82, 2.24) is 0 Å². The standard InChI is InChI=1S/C20H23NO3/c1-4-9-16-12-13-18(19(14-16)23-3)24-15-20(22)21(5-2)17-10-7-6-8-11-17/h4,6-14H,5,15H2,1-3H3. The molecular weight excluding hydrogens is 302 g/mol. The molecule has 4 nitrogen and oxygen atoms in total. The number of anilines is 1. The lowest BCUT2D eigenvalue weighted by molar-refractivity contribution is -0.120. The molecule has 24 heavy (non-hydrogen) atoms. The Morgan fingerprint density at radius 3 is 2.50 bits per heavy atom. The molecule has 2 aromatic carbocycles. The van der Waals surface area contributed by atoms with E-state index in [4.69, 9.17) is 9.47 Å². The molecule has 0 aromatic heterocycles. The van der Waals surface area contributed by atoms with Crippen LogP contribution in [0.4, 0.5) is 5.69 Å². The van der Waals surface area contributed by atoms with Gasteiger partial charge in [-0.25, -0.2) is 0 Å². The average Bonchev–Trinajstić information content (AvgIpc) is 2.62. The van der Waals surface area contributed by atoms with Crippen molar-refractivity contribution in [1.29, 1.82) is 0 Å². The zero-order valence-electron chi connectivity index (χ0n) is 14.4. The Hall–Kier alpha value is -2.75. The number of rotatable bonds is 7. The van der Waals surface area contributed by atoms with E-state index in [1.54, 1.807) is 12.0 Å². The summed E-state index contributed by atoms with van der Waals surface area (Å²) in [5.41, 5.74) is 1.89. The number of amides is 1. The monoisotopic (exact) mass is 325 g/mol. The maximum Gasteiger partial charge on any atom is 0.264 e. The number of allylic oxidation sites excluding steroid dienone is 1. The molecule has 0 spiro atoms. The molecule has 0 aliphatic carbocycles. The van der Waals surface area contributed by atoms with Gasteiger partial charge < -0.3 is 14.4 Å². The van der Waals surface area contributed by atoms with E-state index in [9.17, 15) is 4.79 Å². The zero-order chi connectivity index (χ0) is 17.4. The zero-order valence-corrected chi connectivity index (χ0v) is 14.4. The summed E-state index contributed by atoms with van der Waals surface area (Å²) >= 11 is 0. The predicted octanol–water partition coefficient (Wildman–Crippen LogP) is 4.16. The van der Waals surface area contributed by atoms with Gasteiger partial charge in [0.05, 0.1) is 7.11 Å². The third kappa shape index (κ3) is 4.38. The number of para-hydroxylation sites is 1. The van der Waals surface area contributed by atoms with Crippen molar-refractivity contribution >= 4 is 17.7 Å². The van der Waals surface area contributed by atoms with Crippen molar-refractivity contribution in [2.75, 3.05) is 25.2 Å². The number of benzene rings is 2. The van der Waals surface area contributed by atoms with E-state index in [0.29, 0.717) is 18.0 Å². The molecule has 1 amide bonds. The first kappa shape index (κ1) is 17.6. The highest BCUT2D eigenvalue weighted by atomic mass is 16.5. The number of methoxy groups -OCH3 is 1. The molecule has 2 aromatic rings. The quantitative estimate of drug-likeness (QED) is 0.767. The minimum Gasteiger partial charge on any atom is -0.493 e. The molecule has 0 aliphatic rings. The van der Waals surface area contributed by atoms with Gasteiger partial charge >= 0.3 is 0 Å². The van der Waals surface area contributed by atoms with Gasteiger partial charge in [-0.2, -0.15) is 0 Å². The van der Waals surface area contributed by atoms with Gasteiger partial charge in [-0.15, -0.1) is 0 Å². The van der Waals surface area contributed by atoms with E-state index < -0.39 is 0 Å². The van der Waals surface area contributed by atoms with Crippen LogP contribution in [0.2, 0.25) is 0 Å². The Labute approximate surface area is 143 Å². The number of carbonyl (C=O) groups excluding carboxylic acids is 1. The first-order valence-electron chi connectivity index (χ1n) is 7.98. The van der Waals surface area contributed by atoms with Crippen LogP contribution in [0.5, 0.6) is 11.5 Å². The third-order valence-corrected chi connectivity index (χ3v) is 3.58. The van der Waals surface area contributed by atoms with E-state index in [-0.39, 0.29) is 12.5 Å². The van der Waals surface area contributed by atoms with E-state index >= 15 is 0 Å². The number of likely N-dealkylation sites (N-methyl/N-ethyl adjacent to an activating group) is 1.